The van der Waals surface area contributed by atoms with Gasteiger partial charge in [-0.25, -0.2) is 5.43 Å². The van der Waals surface area contributed by atoms with Gasteiger partial charge in [0.1, 0.15) is 0 Å². The first-order valence-corrected chi connectivity index (χ1v) is 13.2. The van der Waals surface area contributed by atoms with Crippen LogP contribution in [0.5, 0.6) is 0 Å². The fourth-order valence-electron chi connectivity index (χ4n) is 4.01. The molecule has 1 amide bonds. The molecule has 1 aromatic heterocycles. The molecule has 0 aliphatic rings. The maximum absolute atomic E-state index is 12.8. The molecule has 2 N–H and O–H groups in total. The number of aromatic nitrogens is 3. The van der Waals surface area contributed by atoms with Crippen LogP contribution >= 0.6 is 11.8 Å². The van der Waals surface area contributed by atoms with E-state index in [2.05, 4.69) is 50.3 Å². The average molecular weight is 521 g/mol. The van der Waals surface area contributed by atoms with Crippen LogP contribution in [-0.4, -0.2) is 32.1 Å². The summed E-state index contributed by atoms with van der Waals surface area (Å²) in [6.07, 6.45) is 1.64. The van der Waals surface area contributed by atoms with Crippen LogP contribution in [0.1, 0.15) is 23.9 Å². The van der Waals surface area contributed by atoms with Gasteiger partial charge in [-0.3, -0.25) is 9.36 Å². The summed E-state index contributed by atoms with van der Waals surface area (Å²) in [5.41, 5.74) is 6.68. The van der Waals surface area contributed by atoms with Crippen molar-refractivity contribution in [3.8, 4) is 5.69 Å². The van der Waals surface area contributed by atoms with E-state index < -0.39 is 5.25 Å². The van der Waals surface area contributed by atoms with Crippen LogP contribution in [0.25, 0.3) is 16.5 Å². The van der Waals surface area contributed by atoms with Crippen LogP contribution in [0.4, 0.5) is 5.69 Å². The van der Waals surface area contributed by atoms with Crippen molar-refractivity contribution in [3.05, 3.63) is 114 Å². The molecule has 1 atom stereocenters. The van der Waals surface area contributed by atoms with Crippen molar-refractivity contribution < 1.29 is 4.79 Å². The summed E-state index contributed by atoms with van der Waals surface area (Å²) in [4.78, 5) is 12.8. The summed E-state index contributed by atoms with van der Waals surface area (Å²) >= 11 is 1.34. The van der Waals surface area contributed by atoms with E-state index in [9.17, 15) is 4.79 Å². The third kappa shape index (κ3) is 5.92. The SMILES string of the molecule is Cc1ccc(/C=N\NC(=O)[C@@H](C)Sc2nnc(CNc3cccc4ccccc34)n2-c2ccccc2)cc1. The van der Waals surface area contributed by atoms with Gasteiger partial charge >= 0.3 is 0 Å². The minimum atomic E-state index is -0.435. The first kappa shape index (κ1) is 25.2. The number of hydrogen-bond donors (Lipinski definition) is 2. The molecular formula is C30H28N6OS. The number of thioether (sulfide) groups is 1. The van der Waals surface area contributed by atoms with Crippen molar-refractivity contribution in [1.29, 1.82) is 0 Å². The Hall–Kier alpha value is -4.43. The fraction of sp³-hybridized carbons (Fsp3) is 0.133. The van der Waals surface area contributed by atoms with Gasteiger partial charge in [-0.15, -0.1) is 10.2 Å². The Morgan fingerprint density at radius 3 is 2.50 bits per heavy atom. The molecular weight excluding hydrogens is 492 g/mol. The zero-order valence-corrected chi connectivity index (χ0v) is 22.0. The summed E-state index contributed by atoms with van der Waals surface area (Å²) in [5, 5.41) is 19.1. The monoisotopic (exact) mass is 520 g/mol. The standard InChI is InChI=1S/C30H28N6OS/c1-21-15-17-23(18-16-21)19-32-34-29(37)22(2)38-30-35-33-28(36(30)25-11-4-3-5-12-25)20-31-27-14-8-10-24-9-6-7-13-26(24)27/h3-19,22,31H,20H2,1-2H3,(H,34,37)/b32-19-/t22-/m1/s1. The highest BCUT2D eigenvalue weighted by Gasteiger charge is 2.21. The van der Waals surface area contributed by atoms with Crippen LogP contribution in [0, 0.1) is 6.92 Å². The number of anilines is 1. The predicted molar refractivity (Wildman–Crippen MR) is 155 cm³/mol. The van der Waals surface area contributed by atoms with E-state index in [1.54, 1.807) is 6.21 Å². The number of nitrogens with one attached hydrogen (secondary N) is 2. The zero-order chi connectivity index (χ0) is 26.3. The Morgan fingerprint density at radius 2 is 1.68 bits per heavy atom. The van der Waals surface area contributed by atoms with E-state index in [0.717, 1.165) is 28.1 Å². The van der Waals surface area contributed by atoms with Gasteiger partial charge in [0.25, 0.3) is 5.91 Å². The first-order valence-electron chi connectivity index (χ1n) is 12.4. The number of rotatable bonds is 9. The van der Waals surface area contributed by atoms with E-state index in [1.807, 2.05) is 91.2 Å². The third-order valence-electron chi connectivity index (χ3n) is 6.06. The van der Waals surface area contributed by atoms with E-state index in [4.69, 9.17) is 0 Å². The average Bonchev–Trinajstić information content (AvgIpc) is 3.35. The number of nitrogens with zero attached hydrogens (tertiary/aromatic N) is 4. The number of hydrogen-bond acceptors (Lipinski definition) is 6. The summed E-state index contributed by atoms with van der Waals surface area (Å²) < 4.78 is 1.99. The summed E-state index contributed by atoms with van der Waals surface area (Å²) in [5.74, 6) is 0.535. The molecule has 0 radical (unpaired) electrons. The van der Waals surface area contributed by atoms with Crippen molar-refractivity contribution in [2.75, 3.05) is 5.32 Å². The number of para-hydroxylation sites is 1. The Morgan fingerprint density at radius 1 is 0.947 bits per heavy atom. The smallest absolute Gasteiger partial charge is 0.253 e. The van der Waals surface area contributed by atoms with E-state index in [1.165, 1.54) is 22.7 Å². The molecule has 8 heteroatoms. The second-order valence-electron chi connectivity index (χ2n) is 8.86. The molecule has 190 valence electrons. The number of aryl methyl sites for hydroxylation is 1. The van der Waals surface area contributed by atoms with Gasteiger partial charge in [0, 0.05) is 16.8 Å². The molecule has 38 heavy (non-hydrogen) atoms. The van der Waals surface area contributed by atoms with Gasteiger partial charge in [0.2, 0.25) is 0 Å². The molecule has 7 nitrogen and oxygen atoms in total. The highest BCUT2D eigenvalue weighted by atomic mass is 32.2. The van der Waals surface area contributed by atoms with Crippen molar-refractivity contribution in [2.24, 2.45) is 5.10 Å². The number of benzene rings is 4. The number of amides is 1. The molecule has 5 aromatic rings. The Labute approximate surface area is 226 Å². The van der Waals surface area contributed by atoms with Gasteiger partial charge in [-0.2, -0.15) is 5.10 Å². The summed E-state index contributed by atoms with van der Waals surface area (Å²) in [6, 6.07) is 32.3. The molecule has 0 unspecified atom stereocenters. The quantitative estimate of drug-likeness (QED) is 0.142. The summed E-state index contributed by atoms with van der Waals surface area (Å²) in [6.45, 7) is 4.33. The minimum absolute atomic E-state index is 0.212. The molecule has 0 saturated heterocycles. The van der Waals surface area contributed by atoms with E-state index in [-0.39, 0.29) is 5.91 Å². The highest BCUT2D eigenvalue weighted by molar-refractivity contribution is 8.00. The van der Waals surface area contributed by atoms with Gasteiger partial charge < -0.3 is 5.32 Å². The van der Waals surface area contributed by atoms with Crippen molar-refractivity contribution in [3.63, 3.8) is 0 Å². The minimum Gasteiger partial charge on any atom is -0.377 e. The van der Waals surface area contributed by atoms with Gasteiger partial charge in [-0.05, 0) is 43.0 Å². The highest BCUT2D eigenvalue weighted by Crippen LogP contribution is 2.27. The maximum Gasteiger partial charge on any atom is 0.253 e. The Balaban J connectivity index is 1.32. The van der Waals surface area contributed by atoms with Crippen molar-refractivity contribution in [1.82, 2.24) is 20.2 Å². The van der Waals surface area contributed by atoms with Crippen LogP contribution < -0.4 is 10.7 Å². The lowest BCUT2D eigenvalue weighted by Gasteiger charge is -2.14. The molecule has 0 spiro atoms. The number of hydrazone groups is 1. The fourth-order valence-corrected chi connectivity index (χ4v) is 4.89. The van der Waals surface area contributed by atoms with Crippen LogP contribution in [0.15, 0.2) is 107 Å². The van der Waals surface area contributed by atoms with E-state index >= 15 is 0 Å². The number of carbonyl (C=O) groups is 1. The Bertz CT molecular complexity index is 1560. The van der Waals surface area contributed by atoms with Crippen LogP contribution in [0.3, 0.4) is 0 Å². The largest absolute Gasteiger partial charge is 0.377 e. The van der Waals surface area contributed by atoms with Crippen molar-refractivity contribution >= 4 is 40.3 Å². The first-order chi connectivity index (χ1) is 18.6. The zero-order valence-electron chi connectivity index (χ0n) is 21.2. The van der Waals surface area contributed by atoms with Crippen LogP contribution in [0.2, 0.25) is 0 Å². The van der Waals surface area contributed by atoms with Gasteiger partial charge in [-0.1, -0.05) is 96.2 Å². The van der Waals surface area contributed by atoms with Crippen molar-refractivity contribution in [2.45, 2.75) is 30.8 Å². The summed E-state index contributed by atoms with van der Waals surface area (Å²) in [7, 11) is 0. The number of fused-ring (bicyclic) bond motifs is 1. The molecule has 5 rings (SSSR count). The lowest BCUT2D eigenvalue weighted by molar-refractivity contribution is -0.120. The normalized spacial score (nSPS) is 12.1. The van der Waals surface area contributed by atoms with Gasteiger partial charge in [0.05, 0.1) is 18.0 Å². The number of carbonyl (C=O) groups excluding carboxylic acids is 1. The lowest BCUT2D eigenvalue weighted by atomic mass is 10.1. The van der Waals surface area contributed by atoms with Gasteiger partial charge in [0.15, 0.2) is 11.0 Å². The van der Waals surface area contributed by atoms with E-state index in [0.29, 0.717) is 11.7 Å². The molecule has 0 fully saturated rings. The molecule has 4 aromatic carbocycles. The third-order valence-corrected chi connectivity index (χ3v) is 7.10. The molecule has 0 aliphatic carbocycles. The molecule has 0 aliphatic heterocycles. The topological polar surface area (TPSA) is 84.2 Å². The molecule has 0 bridgehead atoms. The molecule has 1 heterocycles. The second kappa shape index (κ2) is 11.7. The predicted octanol–water partition coefficient (Wildman–Crippen LogP) is 5.97. The Kier molecular flexibility index (Phi) is 7.80. The molecule has 0 saturated carbocycles. The van der Waals surface area contributed by atoms with Crippen LogP contribution in [-0.2, 0) is 11.3 Å². The lowest BCUT2D eigenvalue weighted by Crippen LogP contribution is -2.27. The maximum atomic E-state index is 12.8. The second-order valence-corrected chi connectivity index (χ2v) is 10.2.